The Bertz CT molecular complexity index is 403. The van der Waals surface area contributed by atoms with Crippen molar-refractivity contribution in [1.82, 2.24) is 4.98 Å². The summed E-state index contributed by atoms with van der Waals surface area (Å²) in [7, 11) is 0. The highest BCUT2D eigenvalue weighted by Gasteiger charge is 2.00. The smallest absolute Gasteiger partial charge is 0.0935 e. The fourth-order valence-corrected chi connectivity index (χ4v) is 2.06. The summed E-state index contributed by atoms with van der Waals surface area (Å²) in [6, 6.07) is 6.15. The molecule has 1 radical (unpaired) electrons. The standard InChI is InChI=1S/C10H10NS/c1-3-10-11-8-6-7(2)4-5-9(8)12-10/h4-6H,2-3H2,1H3. The number of benzene rings is 1. The molecular formula is C10H10NS. The molecule has 0 saturated heterocycles. The summed E-state index contributed by atoms with van der Waals surface area (Å²) in [6.45, 7) is 6.00. The molecule has 0 aliphatic heterocycles. The fraction of sp³-hybridized carbons (Fsp3) is 0.200. The van der Waals surface area contributed by atoms with E-state index in [9.17, 15) is 0 Å². The number of hydrogen-bond donors (Lipinski definition) is 0. The molecule has 0 aliphatic rings. The van der Waals surface area contributed by atoms with Crippen molar-refractivity contribution >= 4 is 21.6 Å². The second-order valence-corrected chi connectivity index (χ2v) is 3.88. The van der Waals surface area contributed by atoms with Crippen molar-refractivity contribution in [2.75, 3.05) is 0 Å². The van der Waals surface area contributed by atoms with Crippen LogP contribution in [0.4, 0.5) is 0 Å². The van der Waals surface area contributed by atoms with Gasteiger partial charge >= 0.3 is 0 Å². The van der Waals surface area contributed by atoms with Crippen LogP contribution in [0.1, 0.15) is 17.5 Å². The Morgan fingerprint density at radius 2 is 2.33 bits per heavy atom. The average molecular weight is 176 g/mol. The van der Waals surface area contributed by atoms with E-state index in [1.54, 1.807) is 11.3 Å². The third kappa shape index (κ3) is 1.23. The van der Waals surface area contributed by atoms with Gasteiger partial charge in [-0.05, 0) is 31.0 Å². The maximum atomic E-state index is 4.47. The minimum atomic E-state index is 1.02. The Morgan fingerprint density at radius 1 is 1.50 bits per heavy atom. The van der Waals surface area contributed by atoms with Gasteiger partial charge in [-0.25, -0.2) is 4.98 Å². The van der Waals surface area contributed by atoms with Crippen molar-refractivity contribution in [1.29, 1.82) is 0 Å². The number of aromatic nitrogens is 1. The van der Waals surface area contributed by atoms with Crippen molar-refractivity contribution < 1.29 is 0 Å². The lowest BCUT2D eigenvalue weighted by Crippen LogP contribution is -1.75. The topological polar surface area (TPSA) is 12.9 Å². The number of aryl methyl sites for hydroxylation is 1. The maximum Gasteiger partial charge on any atom is 0.0935 e. The number of fused-ring (bicyclic) bond motifs is 1. The third-order valence-corrected chi connectivity index (χ3v) is 2.98. The van der Waals surface area contributed by atoms with E-state index in [0.29, 0.717) is 0 Å². The Morgan fingerprint density at radius 3 is 3.08 bits per heavy atom. The first kappa shape index (κ1) is 7.74. The van der Waals surface area contributed by atoms with Crippen LogP contribution in [0.15, 0.2) is 18.2 Å². The maximum absolute atomic E-state index is 4.47. The van der Waals surface area contributed by atoms with E-state index in [1.807, 2.05) is 12.1 Å². The number of hydrogen-bond acceptors (Lipinski definition) is 2. The molecule has 0 saturated carbocycles. The van der Waals surface area contributed by atoms with E-state index in [-0.39, 0.29) is 0 Å². The molecule has 0 amide bonds. The van der Waals surface area contributed by atoms with Gasteiger partial charge in [-0.3, -0.25) is 0 Å². The van der Waals surface area contributed by atoms with Gasteiger partial charge < -0.3 is 0 Å². The van der Waals surface area contributed by atoms with Gasteiger partial charge in [0, 0.05) is 0 Å². The van der Waals surface area contributed by atoms with Crippen LogP contribution in [0.3, 0.4) is 0 Å². The molecule has 0 atom stereocenters. The molecule has 0 N–H and O–H groups in total. The molecule has 0 bridgehead atoms. The summed E-state index contributed by atoms with van der Waals surface area (Å²) in [6.07, 6.45) is 1.02. The first-order valence-electron chi connectivity index (χ1n) is 4.01. The van der Waals surface area contributed by atoms with Gasteiger partial charge in [-0.2, -0.15) is 0 Å². The van der Waals surface area contributed by atoms with Crippen molar-refractivity contribution in [2.45, 2.75) is 13.3 Å². The minimum Gasteiger partial charge on any atom is -0.241 e. The van der Waals surface area contributed by atoms with E-state index in [4.69, 9.17) is 0 Å². The molecule has 1 heterocycles. The molecule has 1 aromatic heterocycles. The van der Waals surface area contributed by atoms with Gasteiger partial charge in [0.25, 0.3) is 0 Å². The number of nitrogens with zero attached hydrogens (tertiary/aromatic N) is 1. The summed E-state index contributed by atoms with van der Waals surface area (Å²) in [5.74, 6) is 0. The van der Waals surface area contributed by atoms with Crippen LogP contribution in [0, 0.1) is 6.92 Å². The highest BCUT2D eigenvalue weighted by Crippen LogP contribution is 2.22. The van der Waals surface area contributed by atoms with Crippen molar-refractivity contribution in [2.24, 2.45) is 0 Å². The predicted molar refractivity (Wildman–Crippen MR) is 53.5 cm³/mol. The Balaban J connectivity index is 2.67. The number of thiazole rings is 1. The van der Waals surface area contributed by atoms with Crippen LogP contribution in [-0.4, -0.2) is 4.98 Å². The largest absolute Gasteiger partial charge is 0.241 e. The van der Waals surface area contributed by atoms with Gasteiger partial charge in [0.05, 0.1) is 15.2 Å². The quantitative estimate of drug-likeness (QED) is 0.650. The highest BCUT2D eigenvalue weighted by atomic mass is 32.1. The molecule has 61 valence electrons. The molecule has 1 aromatic carbocycles. The molecule has 0 unspecified atom stereocenters. The van der Waals surface area contributed by atoms with Crippen LogP contribution in [0.25, 0.3) is 10.2 Å². The monoisotopic (exact) mass is 176 g/mol. The average Bonchev–Trinajstić information content (AvgIpc) is 2.46. The first-order chi connectivity index (χ1) is 5.79. The van der Waals surface area contributed by atoms with Crippen LogP contribution >= 0.6 is 11.3 Å². The SMILES string of the molecule is [CH2]c1ccc2sc(CC)nc2c1. The van der Waals surface area contributed by atoms with Gasteiger partial charge in [0.2, 0.25) is 0 Å². The van der Waals surface area contributed by atoms with E-state index < -0.39 is 0 Å². The second kappa shape index (κ2) is 2.87. The molecule has 2 aromatic rings. The normalized spacial score (nSPS) is 10.8. The second-order valence-electron chi connectivity index (χ2n) is 2.76. The van der Waals surface area contributed by atoms with E-state index in [2.05, 4.69) is 24.9 Å². The van der Waals surface area contributed by atoms with Crippen molar-refractivity contribution in [3.05, 3.63) is 35.7 Å². The molecule has 2 heteroatoms. The van der Waals surface area contributed by atoms with Crippen molar-refractivity contribution in [3.8, 4) is 0 Å². The van der Waals surface area contributed by atoms with Crippen LogP contribution in [0.2, 0.25) is 0 Å². The third-order valence-electron chi connectivity index (χ3n) is 1.80. The van der Waals surface area contributed by atoms with Crippen LogP contribution < -0.4 is 0 Å². The molecule has 0 aliphatic carbocycles. The molecule has 1 nitrogen and oxygen atoms in total. The predicted octanol–water partition coefficient (Wildman–Crippen LogP) is 3.04. The van der Waals surface area contributed by atoms with E-state index >= 15 is 0 Å². The lowest BCUT2D eigenvalue weighted by Gasteiger charge is -1.88. The molecule has 2 rings (SSSR count). The first-order valence-corrected chi connectivity index (χ1v) is 4.82. The molecule has 0 spiro atoms. The van der Waals surface area contributed by atoms with Gasteiger partial charge in [-0.15, -0.1) is 11.3 Å². The van der Waals surface area contributed by atoms with Gasteiger partial charge in [0.15, 0.2) is 0 Å². The molecule has 12 heavy (non-hydrogen) atoms. The zero-order valence-corrected chi connectivity index (χ0v) is 7.82. The summed E-state index contributed by atoms with van der Waals surface area (Å²) < 4.78 is 1.26. The summed E-state index contributed by atoms with van der Waals surface area (Å²) in [5.41, 5.74) is 2.12. The molecule has 0 fully saturated rings. The summed E-state index contributed by atoms with van der Waals surface area (Å²) in [4.78, 5) is 4.47. The lowest BCUT2D eigenvalue weighted by molar-refractivity contribution is 1.11. The zero-order valence-electron chi connectivity index (χ0n) is 7.00. The van der Waals surface area contributed by atoms with Crippen molar-refractivity contribution in [3.63, 3.8) is 0 Å². The van der Waals surface area contributed by atoms with E-state index in [0.717, 1.165) is 17.5 Å². The Labute approximate surface area is 76.1 Å². The highest BCUT2D eigenvalue weighted by molar-refractivity contribution is 7.18. The number of rotatable bonds is 1. The minimum absolute atomic E-state index is 1.02. The van der Waals surface area contributed by atoms with Gasteiger partial charge in [-0.1, -0.05) is 13.0 Å². The van der Waals surface area contributed by atoms with Crippen LogP contribution in [-0.2, 0) is 6.42 Å². The van der Waals surface area contributed by atoms with Crippen LogP contribution in [0.5, 0.6) is 0 Å². The summed E-state index contributed by atoms with van der Waals surface area (Å²) >= 11 is 1.77. The van der Waals surface area contributed by atoms with E-state index in [1.165, 1.54) is 9.71 Å². The van der Waals surface area contributed by atoms with Gasteiger partial charge in [0.1, 0.15) is 0 Å². The fourth-order valence-electron chi connectivity index (χ4n) is 1.17. The Hall–Kier alpha value is -0.890. The lowest BCUT2D eigenvalue weighted by atomic mass is 10.2. The summed E-state index contributed by atoms with van der Waals surface area (Å²) in [5, 5.41) is 1.20. The molecular weight excluding hydrogens is 166 g/mol. The zero-order chi connectivity index (χ0) is 8.55. The Kier molecular flexibility index (Phi) is 1.85.